The van der Waals surface area contributed by atoms with Crippen molar-refractivity contribution in [3.05, 3.63) is 22.6 Å². The normalized spacial score (nSPS) is 13.3. The van der Waals surface area contributed by atoms with Crippen molar-refractivity contribution in [1.29, 1.82) is 0 Å². The summed E-state index contributed by atoms with van der Waals surface area (Å²) < 4.78 is 10.3. The third-order valence-corrected chi connectivity index (χ3v) is 3.26. The number of furan rings is 1. The van der Waals surface area contributed by atoms with Crippen molar-refractivity contribution in [3.63, 3.8) is 0 Å². The number of nitrogens with zero attached hydrogens (tertiary/aromatic N) is 1. The molecule has 2 amide bonds. The van der Waals surface area contributed by atoms with E-state index < -0.39 is 23.3 Å². The monoisotopic (exact) mass is 376 g/mol. The smallest absolute Gasteiger partial charge is 0.331 e. The third kappa shape index (κ3) is 4.57. The van der Waals surface area contributed by atoms with Crippen LogP contribution in [-0.4, -0.2) is 60.6 Å². The molecule has 9 heteroatoms. The topological polar surface area (TPSA) is 109 Å². The number of ether oxygens (including phenoxy) is 1. The highest BCUT2D eigenvalue weighted by Gasteiger charge is 2.35. The summed E-state index contributed by atoms with van der Waals surface area (Å²) in [5, 5.41) is 11.5. The molecule has 1 aromatic rings. The summed E-state index contributed by atoms with van der Waals surface area (Å²) in [5.74, 6) is -2.28. The average molecular weight is 377 g/mol. The maximum atomic E-state index is 12.0. The van der Waals surface area contributed by atoms with Gasteiger partial charge in [0.1, 0.15) is 0 Å². The Morgan fingerprint density at radius 1 is 1.45 bits per heavy atom. The van der Waals surface area contributed by atoms with Gasteiger partial charge in [-0.1, -0.05) is 0 Å². The molecule has 0 saturated heterocycles. The van der Waals surface area contributed by atoms with E-state index in [1.807, 2.05) is 0 Å². The van der Waals surface area contributed by atoms with Crippen LogP contribution in [0.4, 0.5) is 0 Å². The molecular formula is C13H17BrN2O6. The van der Waals surface area contributed by atoms with Crippen LogP contribution < -0.4 is 5.32 Å². The molecule has 0 aliphatic heterocycles. The molecular weight excluding hydrogens is 360 g/mol. The van der Waals surface area contributed by atoms with E-state index in [0.717, 1.165) is 4.90 Å². The number of nitrogens with one attached hydrogen (secondary N) is 1. The zero-order valence-corrected chi connectivity index (χ0v) is 14.0. The van der Waals surface area contributed by atoms with E-state index in [2.05, 4.69) is 21.2 Å². The lowest BCUT2D eigenvalue weighted by atomic mass is 10.0. The molecule has 22 heavy (non-hydrogen) atoms. The highest BCUT2D eigenvalue weighted by Crippen LogP contribution is 2.15. The van der Waals surface area contributed by atoms with Gasteiger partial charge in [0.05, 0.1) is 13.2 Å². The summed E-state index contributed by atoms with van der Waals surface area (Å²) in [7, 11) is 2.74. The minimum atomic E-state index is -1.57. The first kappa shape index (κ1) is 18.2. The van der Waals surface area contributed by atoms with Crippen LogP contribution in [0.15, 0.2) is 21.2 Å². The maximum Gasteiger partial charge on any atom is 0.331 e. The zero-order chi connectivity index (χ0) is 16.9. The molecule has 0 aromatic carbocycles. The number of aliphatic carboxylic acids is 1. The Morgan fingerprint density at radius 3 is 2.55 bits per heavy atom. The number of carbonyl (C=O) groups is 3. The molecule has 0 radical (unpaired) electrons. The molecule has 2 N–H and O–H groups in total. The second-order valence-corrected chi connectivity index (χ2v) is 5.66. The molecule has 0 bridgehead atoms. The number of likely N-dealkylation sites (N-methyl/N-ethyl adjacent to an activating group) is 1. The van der Waals surface area contributed by atoms with Gasteiger partial charge in [0.25, 0.3) is 5.91 Å². The van der Waals surface area contributed by atoms with E-state index in [1.54, 1.807) is 6.07 Å². The van der Waals surface area contributed by atoms with Crippen LogP contribution >= 0.6 is 15.9 Å². The molecule has 122 valence electrons. The minimum Gasteiger partial charge on any atom is -0.479 e. The van der Waals surface area contributed by atoms with Gasteiger partial charge in [0.15, 0.2) is 16.0 Å². The Kier molecular flexibility index (Phi) is 6.12. The lowest BCUT2D eigenvalue weighted by molar-refractivity contribution is -0.149. The van der Waals surface area contributed by atoms with E-state index >= 15 is 0 Å². The molecule has 1 atom stereocenters. The number of hydrogen-bond acceptors (Lipinski definition) is 5. The quantitative estimate of drug-likeness (QED) is 0.725. The first-order chi connectivity index (χ1) is 10.2. The van der Waals surface area contributed by atoms with Gasteiger partial charge in [0, 0.05) is 14.2 Å². The molecule has 8 nitrogen and oxygen atoms in total. The van der Waals surface area contributed by atoms with Crippen LogP contribution in [0.3, 0.4) is 0 Å². The van der Waals surface area contributed by atoms with E-state index in [1.165, 1.54) is 27.1 Å². The zero-order valence-electron chi connectivity index (χ0n) is 12.4. The second kappa shape index (κ2) is 7.41. The average Bonchev–Trinajstić information content (AvgIpc) is 2.84. The predicted molar refractivity (Wildman–Crippen MR) is 79.4 cm³/mol. The Morgan fingerprint density at radius 2 is 2.09 bits per heavy atom. The fourth-order valence-electron chi connectivity index (χ4n) is 1.69. The highest BCUT2D eigenvalue weighted by atomic mass is 79.9. The van der Waals surface area contributed by atoms with Crippen LogP contribution in [0.1, 0.15) is 17.5 Å². The van der Waals surface area contributed by atoms with E-state index in [4.69, 9.17) is 14.3 Å². The van der Waals surface area contributed by atoms with Crippen molar-refractivity contribution in [2.75, 3.05) is 27.3 Å². The van der Waals surface area contributed by atoms with Gasteiger partial charge >= 0.3 is 5.97 Å². The SMILES string of the molecule is COCC(C)(NC(=O)CN(C)C(=O)c1ccc(Br)o1)C(=O)O. The number of carbonyl (C=O) groups excluding carboxylic acids is 2. The first-order valence-electron chi connectivity index (χ1n) is 6.23. The van der Waals surface area contributed by atoms with Crippen LogP contribution in [0.25, 0.3) is 0 Å². The molecule has 0 aliphatic rings. The standard InChI is InChI=1S/C13H17BrN2O6/c1-13(7-21-3,12(19)20)15-10(17)6-16(2)11(18)8-4-5-9(14)22-8/h4-5H,6-7H2,1-3H3,(H,15,17)(H,19,20). The van der Waals surface area contributed by atoms with Gasteiger partial charge in [-0.05, 0) is 35.0 Å². The summed E-state index contributed by atoms with van der Waals surface area (Å²) in [6.45, 7) is 0.808. The van der Waals surface area contributed by atoms with Crippen LogP contribution in [-0.2, 0) is 14.3 Å². The van der Waals surface area contributed by atoms with Crippen LogP contribution in [0, 0.1) is 0 Å². The first-order valence-corrected chi connectivity index (χ1v) is 7.03. The van der Waals surface area contributed by atoms with Crippen LogP contribution in [0.5, 0.6) is 0 Å². The number of rotatable bonds is 7. The summed E-state index contributed by atoms with van der Waals surface area (Å²) in [6, 6.07) is 3.02. The Bertz CT molecular complexity index is 573. The number of hydrogen-bond donors (Lipinski definition) is 2. The van der Waals surface area contributed by atoms with E-state index in [9.17, 15) is 14.4 Å². The van der Waals surface area contributed by atoms with Crippen molar-refractivity contribution in [3.8, 4) is 0 Å². The number of methoxy groups -OCH3 is 1. The summed E-state index contributed by atoms with van der Waals surface area (Å²) in [6.07, 6.45) is 0. The molecule has 0 fully saturated rings. The molecule has 1 heterocycles. The van der Waals surface area contributed by atoms with Gasteiger partial charge in [-0.2, -0.15) is 0 Å². The number of carboxylic acid groups (broad SMARTS) is 1. The van der Waals surface area contributed by atoms with Crippen molar-refractivity contribution >= 4 is 33.7 Å². The van der Waals surface area contributed by atoms with Crippen molar-refractivity contribution in [1.82, 2.24) is 10.2 Å². The Labute approximate surface area is 135 Å². The van der Waals surface area contributed by atoms with Gasteiger partial charge in [-0.15, -0.1) is 0 Å². The van der Waals surface area contributed by atoms with Crippen LogP contribution in [0.2, 0.25) is 0 Å². The van der Waals surface area contributed by atoms with Gasteiger partial charge in [-0.25, -0.2) is 4.79 Å². The largest absolute Gasteiger partial charge is 0.479 e. The molecule has 0 aliphatic carbocycles. The van der Waals surface area contributed by atoms with E-state index in [-0.39, 0.29) is 18.9 Å². The van der Waals surface area contributed by atoms with Gasteiger partial charge in [0.2, 0.25) is 5.91 Å². The molecule has 1 aromatic heterocycles. The third-order valence-electron chi connectivity index (χ3n) is 2.83. The number of carboxylic acids is 1. The predicted octanol–water partition coefficient (Wildman–Crippen LogP) is 0.720. The maximum absolute atomic E-state index is 12.0. The van der Waals surface area contributed by atoms with Gasteiger partial charge in [-0.3, -0.25) is 9.59 Å². The fourth-order valence-corrected chi connectivity index (χ4v) is 2.00. The van der Waals surface area contributed by atoms with E-state index in [0.29, 0.717) is 4.67 Å². The molecule has 0 saturated carbocycles. The summed E-state index contributed by atoms with van der Waals surface area (Å²) >= 11 is 3.08. The summed E-state index contributed by atoms with van der Waals surface area (Å²) in [4.78, 5) is 36.3. The fraction of sp³-hybridized carbons (Fsp3) is 0.462. The van der Waals surface area contributed by atoms with Gasteiger partial charge < -0.3 is 24.5 Å². The number of halogens is 1. The minimum absolute atomic E-state index is 0.0695. The highest BCUT2D eigenvalue weighted by molar-refractivity contribution is 9.10. The lowest BCUT2D eigenvalue weighted by Crippen LogP contribution is -2.57. The summed E-state index contributed by atoms with van der Waals surface area (Å²) in [5.41, 5.74) is -1.57. The second-order valence-electron chi connectivity index (χ2n) is 4.88. The lowest BCUT2D eigenvalue weighted by Gasteiger charge is -2.26. The van der Waals surface area contributed by atoms with Crippen molar-refractivity contribution in [2.45, 2.75) is 12.5 Å². The van der Waals surface area contributed by atoms with Crippen molar-refractivity contribution in [2.24, 2.45) is 0 Å². The Balaban J connectivity index is 2.67. The molecule has 1 unspecified atom stereocenters. The Hall–Kier alpha value is -1.87. The molecule has 1 rings (SSSR count). The van der Waals surface area contributed by atoms with Crippen molar-refractivity contribution < 1.29 is 28.6 Å². The molecule has 0 spiro atoms. The number of amides is 2.